The second-order valence-electron chi connectivity index (χ2n) is 4.49. The van der Waals surface area contributed by atoms with E-state index in [1.807, 2.05) is 28.2 Å². The normalized spacial score (nSPS) is 17.3. The van der Waals surface area contributed by atoms with Crippen LogP contribution in [-0.4, -0.2) is 63.7 Å². The van der Waals surface area contributed by atoms with Gasteiger partial charge in [0.25, 0.3) is 0 Å². The third-order valence-corrected chi connectivity index (χ3v) is 2.63. The van der Waals surface area contributed by atoms with Gasteiger partial charge in [-0.05, 0) is 18.8 Å². The van der Waals surface area contributed by atoms with Gasteiger partial charge in [-0.2, -0.15) is 0 Å². The first-order chi connectivity index (χ1) is 7.11. The molecule has 0 N–H and O–H groups in total. The number of ether oxygens (including phenoxy) is 1. The van der Waals surface area contributed by atoms with Crippen molar-refractivity contribution in [2.45, 2.75) is 12.8 Å². The average molecular weight is 213 g/mol. The summed E-state index contributed by atoms with van der Waals surface area (Å²) in [5.41, 5.74) is 0. The summed E-state index contributed by atoms with van der Waals surface area (Å²) >= 11 is 0. The van der Waals surface area contributed by atoms with Gasteiger partial charge in [-0.3, -0.25) is 4.99 Å². The number of nitrogens with zero attached hydrogens (tertiary/aromatic N) is 3. The van der Waals surface area contributed by atoms with Gasteiger partial charge < -0.3 is 14.5 Å². The molecule has 1 rings (SSSR count). The molecule has 0 aromatic heterocycles. The molecule has 0 unspecified atom stereocenters. The molecule has 0 aromatic carbocycles. The summed E-state index contributed by atoms with van der Waals surface area (Å²) in [5.74, 6) is 1.75. The monoisotopic (exact) mass is 213 g/mol. The minimum Gasteiger partial charge on any atom is -0.381 e. The van der Waals surface area contributed by atoms with E-state index in [4.69, 9.17) is 4.74 Å². The summed E-state index contributed by atoms with van der Waals surface area (Å²) in [6, 6.07) is 0. The molecule has 1 aliphatic rings. The largest absolute Gasteiger partial charge is 0.381 e. The lowest BCUT2D eigenvalue weighted by molar-refractivity contribution is 0.0688. The van der Waals surface area contributed by atoms with Gasteiger partial charge in [0.05, 0.1) is 0 Å². The number of hydrogen-bond acceptors (Lipinski definition) is 2. The lowest BCUT2D eigenvalue weighted by Crippen LogP contribution is -2.36. The highest BCUT2D eigenvalue weighted by molar-refractivity contribution is 5.79. The number of hydrogen-bond donors (Lipinski definition) is 0. The van der Waals surface area contributed by atoms with Crippen molar-refractivity contribution >= 4 is 5.96 Å². The van der Waals surface area contributed by atoms with Crippen molar-refractivity contribution in [1.29, 1.82) is 0 Å². The smallest absolute Gasteiger partial charge is 0.195 e. The molecule has 0 aromatic rings. The highest BCUT2D eigenvalue weighted by Crippen LogP contribution is 2.14. The minimum absolute atomic E-state index is 0.702. The molecule has 0 radical (unpaired) electrons. The highest BCUT2D eigenvalue weighted by Gasteiger charge is 2.14. The number of aliphatic imine (C=N–C) groups is 1. The number of guanidine groups is 1. The summed E-state index contributed by atoms with van der Waals surface area (Å²) in [6.07, 6.45) is 2.30. The van der Waals surface area contributed by atoms with E-state index < -0.39 is 0 Å². The van der Waals surface area contributed by atoms with E-state index in [1.54, 1.807) is 0 Å². The van der Waals surface area contributed by atoms with Crippen molar-refractivity contribution in [2.24, 2.45) is 10.9 Å². The summed E-state index contributed by atoms with van der Waals surface area (Å²) in [7, 11) is 8.12. The van der Waals surface area contributed by atoms with Gasteiger partial charge in [0, 0.05) is 47.9 Å². The van der Waals surface area contributed by atoms with Gasteiger partial charge in [-0.15, -0.1) is 0 Å². The molecule has 0 saturated carbocycles. The highest BCUT2D eigenvalue weighted by atomic mass is 16.5. The Balaban J connectivity index is 2.44. The Morgan fingerprint density at radius 1 is 1.13 bits per heavy atom. The zero-order valence-corrected chi connectivity index (χ0v) is 10.4. The van der Waals surface area contributed by atoms with E-state index in [0.29, 0.717) is 5.92 Å². The Kier molecular flexibility index (Phi) is 4.88. The van der Waals surface area contributed by atoms with Crippen LogP contribution in [-0.2, 0) is 4.74 Å². The SMILES string of the molecule is CN(C)C(=NCC1CCOCC1)N(C)C. The second kappa shape index (κ2) is 5.95. The van der Waals surface area contributed by atoms with Gasteiger partial charge in [-0.25, -0.2) is 0 Å². The fourth-order valence-electron chi connectivity index (χ4n) is 1.82. The third kappa shape index (κ3) is 4.08. The van der Waals surface area contributed by atoms with E-state index in [2.05, 4.69) is 14.8 Å². The van der Waals surface area contributed by atoms with Crippen molar-refractivity contribution in [2.75, 3.05) is 47.9 Å². The van der Waals surface area contributed by atoms with Crippen LogP contribution < -0.4 is 0 Å². The molecule has 4 nitrogen and oxygen atoms in total. The molecule has 1 aliphatic heterocycles. The molecule has 0 atom stereocenters. The molecule has 1 fully saturated rings. The van der Waals surface area contributed by atoms with E-state index in [0.717, 1.165) is 38.6 Å². The Hall–Kier alpha value is -0.770. The molecular formula is C11H23N3O. The maximum absolute atomic E-state index is 5.33. The zero-order valence-electron chi connectivity index (χ0n) is 10.4. The first-order valence-corrected chi connectivity index (χ1v) is 5.58. The Bertz CT molecular complexity index is 198. The van der Waals surface area contributed by atoms with Crippen molar-refractivity contribution < 1.29 is 4.74 Å². The van der Waals surface area contributed by atoms with Crippen LogP contribution in [0.25, 0.3) is 0 Å². The van der Waals surface area contributed by atoms with Crippen molar-refractivity contribution in [3.8, 4) is 0 Å². The molecule has 0 amide bonds. The van der Waals surface area contributed by atoms with Crippen LogP contribution in [0.2, 0.25) is 0 Å². The average Bonchev–Trinajstić information content (AvgIpc) is 2.18. The Morgan fingerprint density at radius 3 is 2.13 bits per heavy atom. The van der Waals surface area contributed by atoms with Crippen LogP contribution in [0, 0.1) is 5.92 Å². The molecule has 0 spiro atoms. The first-order valence-electron chi connectivity index (χ1n) is 5.58. The predicted molar refractivity (Wildman–Crippen MR) is 63.2 cm³/mol. The standard InChI is InChI=1S/C11H23N3O/c1-13(2)11(14(3)4)12-9-10-5-7-15-8-6-10/h10H,5-9H2,1-4H3. The first kappa shape index (κ1) is 12.3. The van der Waals surface area contributed by atoms with Crippen LogP contribution in [0.15, 0.2) is 4.99 Å². The quantitative estimate of drug-likeness (QED) is 0.504. The van der Waals surface area contributed by atoms with Crippen LogP contribution >= 0.6 is 0 Å². The number of rotatable bonds is 2. The summed E-state index contributed by atoms with van der Waals surface area (Å²) < 4.78 is 5.33. The van der Waals surface area contributed by atoms with Crippen LogP contribution in [0.1, 0.15) is 12.8 Å². The molecular weight excluding hydrogens is 190 g/mol. The van der Waals surface area contributed by atoms with Crippen LogP contribution in [0.3, 0.4) is 0 Å². The zero-order chi connectivity index (χ0) is 11.3. The maximum Gasteiger partial charge on any atom is 0.195 e. The maximum atomic E-state index is 5.33. The topological polar surface area (TPSA) is 28.1 Å². The Labute approximate surface area is 92.9 Å². The summed E-state index contributed by atoms with van der Waals surface area (Å²) in [6.45, 7) is 2.73. The van der Waals surface area contributed by atoms with E-state index >= 15 is 0 Å². The minimum atomic E-state index is 0.702. The van der Waals surface area contributed by atoms with Crippen molar-refractivity contribution in [3.05, 3.63) is 0 Å². The molecule has 0 bridgehead atoms. The summed E-state index contributed by atoms with van der Waals surface area (Å²) in [5, 5.41) is 0. The van der Waals surface area contributed by atoms with Crippen LogP contribution in [0.5, 0.6) is 0 Å². The van der Waals surface area contributed by atoms with Gasteiger partial charge in [0.1, 0.15) is 0 Å². The third-order valence-electron chi connectivity index (χ3n) is 2.63. The predicted octanol–water partition coefficient (Wildman–Crippen LogP) is 0.892. The Morgan fingerprint density at radius 2 is 1.67 bits per heavy atom. The molecule has 15 heavy (non-hydrogen) atoms. The molecule has 88 valence electrons. The van der Waals surface area contributed by atoms with Crippen molar-refractivity contribution in [3.63, 3.8) is 0 Å². The fourth-order valence-corrected chi connectivity index (χ4v) is 1.82. The second-order valence-corrected chi connectivity index (χ2v) is 4.49. The van der Waals surface area contributed by atoms with Gasteiger partial charge in [0.2, 0.25) is 0 Å². The van der Waals surface area contributed by atoms with Gasteiger partial charge in [-0.1, -0.05) is 0 Å². The van der Waals surface area contributed by atoms with Gasteiger partial charge >= 0.3 is 0 Å². The van der Waals surface area contributed by atoms with Crippen molar-refractivity contribution in [1.82, 2.24) is 9.80 Å². The molecule has 1 saturated heterocycles. The lowest BCUT2D eigenvalue weighted by Gasteiger charge is -2.25. The molecule has 0 aliphatic carbocycles. The van der Waals surface area contributed by atoms with Crippen LogP contribution in [0.4, 0.5) is 0 Å². The van der Waals surface area contributed by atoms with E-state index in [1.165, 1.54) is 0 Å². The summed E-state index contributed by atoms with van der Waals surface area (Å²) in [4.78, 5) is 8.77. The lowest BCUT2D eigenvalue weighted by atomic mass is 10.0. The van der Waals surface area contributed by atoms with E-state index in [9.17, 15) is 0 Å². The molecule has 4 heteroatoms. The van der Waals surface area contributed by atoms with E-state index in [-0.39, 0.29) is 0 Å². The van der Waals surface area contributed by atoms with Gasteiger partial charge in [0.15, 0.2) is 5.96 Å². The molecule has 1 heterocycles. The fraction of sp³-hybridized carbons (Fsp3) is 0.909.